The van der Waals surface area contributed by atoms with Crippen molar-refractivity contribution in [1.29, 1.82) is 0 Å². The maximum Gasteiger partial charge on any atom is 0.261 e. The Hall–Kier alpha value is -1.76. The number of aromatic nitrogens is 1. The number of sulfonamides is 1. The van der Waals surface area contributed by atoms with Crippen molar-refractivity contribution >= 4 is 61.8 Å². The van der Waals surface area contributed by atoms with Crippen molar-refractivity contribution in [2.75, 3.05) is 17.6 Å². The van der Waals surface area contributed by atoms with Gasteiger partial charge in [-0.25, -0.2) is 18.1 Å². The molecule has 2 amide bonds. The van der Waals surface area contributed by atoms with E-state index in [2.05, 4.69) is 37.6 Å². The molecule has 0 radical (unpaired) electrons. The van der Waals surface area contributed by atoms with Gasteiger partial charge in [-0.2, -0.15) is 0 Å². The predicted octanol–water partition coefficient (Wildman–Crippen LogP) is 3.28. The molecule has 1 aromatic heterocycles. The summed E-state index contributed by atoms with van der Waals surface area (Å²) in [5, 5.41) is 3.75. The van der Waals surface area contributed by atoms with E-state index in [1.165, 1.54) is 0 Å². The largest absolute Gasteiger partial charge is 0.367 e. The number of hydrogen-bond acceptors (Lipinski definition) is 6. The average Bonchev–Trinajstić information content (AvgIpc) is 2.96. The fourth-order valence-electron chi connectivity index (χ4n) is 4.14. The normalized spacial score (nSPS) is 21.0. The van der Waals surface area contributed by atoms with E-state index in [1.807, 2.05) is 6.07 Å². The summed E-state index contributed by atoms with van der Waals surface area (Å²) in [5.74, 6) is -0.569. The molecule has 2 atom stereocenters. The molecule has 2 heterocycles. The fourth-order valence-corrected chi connectivity index (χ4v) is 6.39. The number of pyridine rings is 1. The molecule has 2 unspecified atom stereocenters. The van der Waals surface area contributed by atoms with Crippen LogP contribution in [-0.4, -0.2) is 54.5 Å². The zero-order valence-electron chi connectivity index (χ0n) is 17.1. The standard InChI is InChI=1S/C21H22ClIN4O4S/c22-18-10-13(23)11-19(25-18)24-14-4-3-5-15(12-14)26-32(30,31)9-8-27-20(28)16-6-1-2-7-17(16)21(27)29/h1-2,6-7,10-11,14-15,26H,3-5,8-9,12H2,(H,24,25). The molecule has 11 heteroatoms. The van der Waals surface area contributed by atoms with E-state index >= 15 is 0 Å². The Bertz CT molecular complexity index is 1100. The lowest BCUT2D eigenvalue weighted by Gasteiger charge is -2.30. The highest BCUT2D eigenvalue weighted by Crippen LogP contribution is 2.25. The summed E-state index contributed by atoms with van der Waals surface area (Å²) in [6.07, 6.45) is 3.10. The van der Waals surface area contributed by atoms with Gasteiger partial charge in [-0.05, 0) is 72.5 Å². The van der Waals surface area contributed by atoms with Gasteiger partial charge in [0.1, 0.15) is 11.0 Å². The molecule has 0 saturated heterocycles. The van der Waals surface area contributed by atoms with E-state index in [1.54, 1.807) is 30.3 Å². The van der Waals surface area contributed by atoms with Crippen LogP contribution in [0, 0.1) is 3.57 Å². The van der Waals surface area contributed by atoms with Gasteiger partial charge in [0.25, 0.3) is 11.8 Å². The highest BCUT2D eigenvalue weighted by atomic mass is 127. The van der Waals surface area contributed by atoms with E-state index in [9.17, 15) is 18.0 Å². The summed E-state index contributed by atoms with van der Waals surface area (Å²) in [5.41, 5.74) is 0.627. The first-order valence-electron chi connectivity index (χ1n) is 10.3. The third-order valence-electron chi connectivity index (χ3n) is 5.59. The van der Waals surface area contributed by atoms with Crippen LogP contribution >= 0.6 is 34.2 Å². The molecule has 170 valence electrons. The zero-order valence-corrected chi connectivity index (χ0v) is 20.8. The summed E-state index contributed by atoms with van der Waals surface area (Å²) < 4.78 is 29.1. The van der Waals surface area contributed by atoms with Crippen LogP contribution in [0.3, 0.4) is 0 Å². The lowest BCUT2D eigenvalue weighted by atomic mass is 9.91. The minimum absolute atomic E-state index is 0.0643. The van der Waals surface area contributed by atoms with Gasteiger partial charge in [0, 0.05) is 22.2 Å². The molecule has 1 aliphatic heterocycles. The summed E-state index contributed by atoms with van der Waals surface area (Å²) >= 11 is 8.19. The Labute approximate surface area is 205 Å². The monoisotopic (exact) mass is 588 g/mol. The van der Waals surface area contributed by atoms with Crippen molar-refractivity contribution in [1.82, 2.24) is 14.6 Å². The van der Waals surface area contributed by atoms with E-state index in [0.717, 1.165) is 27.7 Å². The third-order valence-corrected chi connectivity index (χ3v) is 7.82. The maximum atomic E-state index is 12.7. The summed E-state index contributed by atoms with van der Waals surface area (Å²) in [4.78, 5) is 30.2. The van der Waals surface area contributed by atoms with Crippen LogP contribution in [0.2, 0.25) is 5.15 Å². The number of nitrogens with zero attached hydrogens (tertiary/aromatic N) is 2. The van der Waals surface area contributed by atoms with Gasteiger partial charge >= 0.3 is 0 Å². The first-order valence-corrected chi connectivity index (χ1v) is 13.4. The number of fused-ring (bicyclic) bond motifs is 1. The second-order valence-electron chi connectivity index (χ2n) is 7.94. The maximum absolute atomic E-state index is 12.7. The fraction of sp³-hybridized carbons (Fsp3) is 0.381. The van der Waals surface area contributed by atoms with Gasteiger partial charge in [-0.1, -0.05) is 23.7 Å². The molecule has 1 aromatic carbocycles. The first-order chi connectivity index (χ1) is 15.2. The Morgan fingerprint density at radius 1 is 1.09 bits per heavy atom. The van der Waals surface area contributed by atoms with Crippen molar-refractivity contribution in [2.24, 2.45) is 0 Å². The third kappa shape index (κ3) is 5.41. The lowest BCUT2D eigenvalue weighted by molar-refractivity contribution is 0.0664. The number of carbonyl (C=O) groups is 2. The van der Waals surface area contributed by atoms with Gasteiger partial charge in [-0.3, -0.25) is 14.5 Å². The number of halogens is 2. The Morgan fingerprint density at radius 3 is 2.41 bits per heavy atom. The zero-order chi connectivity index (χ0) is 22.9. The summed E-state index contributed by atoms with van der Waals surface area (Å²) in [7, 11) is -3.67. The van der Waals surface area contributed by atoms with Crippen LogP contribution < -0.4 is 10.0 Å². The molecule has 1 aliphatic carbocycles. The number of carbonyl (C=O) groups excluding carboxylic acids is 2. The second-order valence-corrected chi connectivity index (χ2v) is 11.4. The number of nitrogens with one attached hydrogen (secondary N) is 2. The molecule has 8 nitrogen and oxygen atoms in total. The van der Waals surface area contributed by atoms with E-state index in [4.69, 9.17) is 11.6 Å². The van der Waals surface area contributed by atoms with Crippen LogP contribution in [0.1, 0.15) is 46.4 Å². The average molecular weight is 589 g/mol. The van der Waals surface area contributed by atoms with Crippen LogP contribution in [0.15, 0.2) is 36.4 Å². The second kappa shape index (κ2) is 9.62. The molecule has 32 heavy (non-hydrogen) atoms. The Kier molecular flexibility index (Phi) is 7.03. The highest BCUT2D eigenvalue weighted by molar-refractivity contribution is 14.1. The topological polar surface area (TPSA) is 108 Å². The van der Waals surface area contributed by atoms with Crippen LogP contribution in [0.25, 0.3) is 0 Å². The molecule has 0 spiro atoms. The van der Waals surface area contributed by atoms with Crippen molar-refractivity contribution in [3.8, 4) is 0 Å². The highest BCUT2D eigenvalue weighted by Gasteiger charge is 2.36. The van der Waals surface area contributed by atoms with Crippen LogP contribution in [0.4, 0.5) is 5.82 Å². The van der Waals surface area contributed by atoms with E-state index in [-0.39, 0.29) is 24.4 Å². The molecule has 2 aromatic rings. The minimum Gasteiger partial charge on any atom is -0.367 e. The number of hydrogen-bond donors (Lipinski definition) is 2. The van der Waals surface area contributed by atoms with E-state index < -0.39 is 21.8 Å². The van der Waals surface area contributed by atoms with E-state index in [0.29, 0.717) is 28.5 Å². The quantitative estimate of drug-likeness (QED) is 0.292. The molecule has 1 saturated carbocycles. The predicted molar refractivity (Wildman–Crippen MR) is 130 cm³/mol. The molecule has 1 fully saturated rings. The number of imide groups is 1. The molecule has 2 N–H and O–H groups in total. The summed E-state index contributed by atoms with van der Waals surface area (Å²) in [6.45, 7) is -0.180. The van der Waals surface area contributed by atoms with Crippen molar-refractivity contribution < 1.29 is 18.0 Å². The molecule has 0 bridgehead atoms. The number of rotatable bonds is 7. The van der Waals surface area contributed by atoms with Gasteiger partial charge in [0.05, 0.1) is 16.9 Å². The van der Waals surface area contributed by atoms with Crippen molar-refractivity contribution in [2.45, 2.75) is 37.8 Å². The van der Waals surface area contributed by atoms with Gasteiger partial charge in [0.15, 0.2) is 0 Å². The molecular formula is C21H22ClIN4O4S. The Balaban J connectivity index is 1.33. The number of benzene rings is 1. The van der Waals surface area contributed by atoms with Gasteiger partial charge in [0.2, 0.25) is 10.0 Å². The van der Waals surface area contributed by atoms with Gasteiger partial charge < -0.3 is 5.32 Å². The van der Waals surface area contributed by atoms with Gasteiger partial charge in [-0.15, -0.1) is 0 Å². The van der Waals surface area contributed by atoms with Crippen molar-refractivity contribution in [3.63, 3.8) is 0 Å². The van der Waals surface area contributed by atoms with Crippen LogP contribution in [-0.2, 0) is 10.0 Å². The Morgan fingerprint density at radius 2 is 1.75 bits per heavy atom. The smallest absolute Gasteiger partial charge is 0.261 e. The molecule has 4 rings (SSSR count). The summed E-state index contributed by atoms with van der Waals surface area (Å²) in [6, 6.07) is 10.0. The molecular weight excluding hydrogens is 567 g/mol. The minimum atomic E-state index is -3.67. The number of amides is 2. The SMILES string of the molecule is O=C1c2ccccc2C(=O)N1CCS(=O)(=O)NC1CCCC(Nc2cc(I)cc(Cl)n2)C1. The number of anilines is 1. The van der Waals surface area contributed by atoms with Crippen LogP contribution in [0.5, 0.6) is 0 Å². The van der Waals surface area contributed by atoms with Crippen molar-refractivity contribution in [3.05, 3.63) is 56.2 Å². The molecule has 2 aliphatic rings. The lowest BCUT2D eigenvalue weighted by Crippen LogP contribution is -2.44. The first kappa shape index (κ1) is 23.4.